The normalized spacial score (nSPS) is 15.3. The van der Waals surface area contributed by atoms with Crippen molar-refractivity contribution in [2.75, 3.05) is 6.61 Å². The molecule has 0 amide bonds. The average Bonchev–Trinajstić information content (AvgIpc) is 2.04. The van der Waals surface area contributed by atoms with Gasteiger partial charge in [-0.05, 0) is 39.3 Å². The predicted octanol–water partition coefficient (Wildman–Crippen LogP) is 4.24. The number of hydrogen-bond acceptors (Lipinski definition) is 4. The van der Waals surface area contributed by atoms with Gasteiger partial charge in [0.15, 0.2) is 0 Å². The van der Waals surface area contributed by atoms with Gasteiger partial charge in [0.05, 0.1) is 0 Å². The third-order valence-electron chi connectivity index (χ3n) is 1.93. The van der Waals surface area contributed by atoms with E-state index in [0.717, 1.165) is 0 Å². The molecule has 22 heavy (non-hydrogen) atoms. The zero-order chi connectivity index (χ0) is 18.0. The lowest BCUT2D eigenvalue weighted by Gasteiger charge is -2.37. The smallest absolute Gasteiger partial charge is 0.415 e. The maximum atomic E-state index is 12.3. The van der Waals surface area contributed by atoms with Crippen molar-refractivity contribution in [1.29, 1.82) is 0 Å². The van der Waals surface area contributed by atoms with Crippen LogP contribution in [0.15, 0.2) is 0 Å². The molecule has 0 aromatic carbocycles. The Balaban J connectivity index is 4.74. The van der Waals surface area contributed by atoms with Crippen LogP contribution in [-0.4, -0.2) is 44.8 Å². The number of hydrogen-bond donors (Lipinski definition) is 0. The van der Waals surface area contributed by atoms with E-state index in [1.165, 1.54) is 39.3 Å². The van der Waals surface area contributed by atoms with E-state index in [1.807, 2.05) is 0 Å². The van der Waals surface area contributed by atoms with Crippen LogP contribution in [0.1, 0.15) is 0 Å². The molecule has 0 saturated heterocycles. The van der Waals surface area contributed by atoms with E-state index < -0.39 is 44.8 Å². The molecule has 0 unspecified atom stereocenters. The Bertz CT molecular complexity index is 369. The molecule has 0 rings (SSSR count). The molecule has 0 spiro atoms. The standard InChI is InChI=1S/C9H20F6O4Si3/c1-20(2,16-7-8(10,11)12)18-22(5,6)19-21(3,4)17-9(13,14)15/h7H2,1-6H3. The summed E-state index contributed by atoms with van der Waals surface area (Å²) >= 11 is 0. The highest BCUT2D eigenvalue weighted by Gasteiger charge is 2.47. The lowest BCUT2D eigenvalue weighted by atomic mass is 10.7. The lowest BCUT2D eigenvalue weighted by Crippen LogP contribution is -2.55. The average molecular weight is 391 g/mol. The molecular formula is C9H20F6O4Si3. The summed E-state index contributed by atoms with van der Waals surface area (Å²) in [4.78, 5) is 0. The fourth-order valence-corrected chi connectivity index (χ4v) is 13.3. The minimum absolute atomic E-state index is 1.18. The van der Waals surface area contributed by atoms with Crippen molar-refractivity contribution in [3.05, 3.63) is 0 Å². The molecule has 0 fully saturated rings. The van der Waals surface area contributed by atoms with E-state index in [1.54, 1.807) is 0 Å². The summed E-state index contributed by atoms with van der Waals surface area (Å²) in [6, 6.07) is 0. The second-order valence-electron chi connectivity index (χ2n) is 5.86. The van der Waals surface area contributed by atoms with Gasteiger partial charge in [-0.2, -0.15) is 13.2 Å². The van der Waals surface area contributed by atoms with Crippen LogP contribution in [0.2, 0.25) is 39.3 Å². The predicted molar refractivity (Wildman–Crippen MR) is 73.8 cm³/mol. The van der Waals surface area contributed by atoms with E-state index >= 15 is 0 Å². The van der Waals surface area contributed by atoms with Gasteiger partial charge in [-0.1, -0.05) is 0 Å². The second kappa shape index (κ2) is 6.90. The van der Waals surface area contributed by atoms with Crippen LogP contribution in [0.4, 0.5) is 26.3 Å². The molecule has 0 aromatic rings. The molecule has 0 heterocycles. The molecule has 0 bridgehead atoms. The fraction of sp³-hybridized carbons (Fsp3) is 1.00. The van der Waals surface area contributed by atoms with Gasteiger partial charge < -0.3 is 17.1 Å². The molecular weight excluding hydrogens is 370 g/mol. The zero-order valence-corrected chi connectivity index (χ0v) is 16.1. The molecule has 0 aromatic heterocycles. The third-order valence-corrected chi connectivity index (χ3v) is 11.4. The summed E-state index contributed by atoms with van der Waals surface area (Å²) in [5, 5.41) is 0. The van der Waals surface area contributed by atoms with E-state index in [4.69, 9.17) is 12.7 Å². The molecule has 134 valence electrons. The van der Waals surface area contributed by atoms with Crippen LogP contribution in [0.25, 0.3) is 0 Å². The minimum Gasteiger partial charge on any atom is -0.415 e. The first kappa shape index (κ1) is 22.1. The molecule has 0 saturated carbocycles. The monoisotopic (exact) mass is 390 g/mol. The largest absolute Gasteiger partial charge is 0.514 e. The van der Waals surface area contributed by atoms with E-state index in [0.29, 0.717) is 0 Å². The zero-order valence-electron chi connectivity index (χ0n) is 13.1. The molecule has 0 atom stereocenters. The van der Waals surface area contributed by atoms with Crippen molar-refractivity contribution < 1.29 is 43.4 Å². The number of rotatable bonds is 7. The molecule has 0 N–H and O–H groups in total. The van der Waals surface area contributed by atoms with E-state index in [-0.39, 0.29) is 0 Å². The second-order valence-corrected chi connectivity index (χ2v) is 16.4. The van der Waals surface area contributed by atoms with Crippen LogP contribution in [0, 0.1) is 0 Å². The minimum atomic E-state index is -4.85. The summed E-state index contributed by atoms with van der Waals surface area (Å²) in [5.41, 5.74) is 0. The Labute approximate surface area is 128 Å². The van der Waals surface area contributed by atoms with Gasteiger partial charge in [0.2, 0.25) is 0 Å². The summed E-state index contributed by atoms with van der Waals surface area (Å²) in [6.45, 7) is 6.51. The topological polar surface area (TPSA) is 36.9 Å². The Kier molecular flexibility index (Phi) is 6.92. The highest BCUT2D eigenvalue weighted by molar-refractivity contribution is 6.84. The van der Waals surface area contributed by atoms with Gasteiger partial charge >= 0.3 is 38.2 Å². The van der Waals surface area contributed by atoms with Crippen LogP contribution >= 0.6 is 0 Å². The van der Waals surface area contributed by atoms with Crippen LogP contribution in [0.3, 0.4) is 0 Å². The first-order chi connectivity index (χ1) is 9.33. The molecule has 0 aliphatic carbocycles. The van der Waals surface area contributed by atoms with Crippen molar-refractivity contribution in [1.82, 2.24) is 0 Å². The van der Waals surface area contributed by atoms with Crippen LogP contribution in [0.5, 0.6) is 0 Å². The third kappa shape index (κ3) is 11.6. The summed E-state index contributed by atoms with van der Waals surface area (Å²) < 4.78 is 92.9. The van der Waals surface area contributed by atoms with Crippen molar-refractivity contribution in [3.63, 3.8) is 0 Å². The van der Waals surface area contributed by atoms with Crippen molar-refractivity contribution >= 4 is 25.7 Å². The quantitative estimate of drug-likeness (QED) is 0.481. The Morgan fingerprint density at radius 2 is 1.09 bits per heavy atom. The van der Waals surface area contributed by atoms with E-state index in [2.05, 4.69) is 4.43 Å². The van der Waals surface area contributed by atoms with Crippen molar-refractivity contribution in [2.24, 2.45) is 0 Å². The summed E-state index contributed by atoms with van der Waals surface area (Å²) in [6.07, 6.45) is -9.35. The molecule has 13 heteroatoms. The van der Waals surface area contributed by atoms with Crippen molar-refractivity contribution in [3.8, 4) is 0 Å². The highest BCUT2D eigenvalue weighted by atomic mass is 28.5. The molecule has 0 aliphatic rings. The Hall–Kier alpha value is 0.0706. The van der Waals surface area contributed by atoms with Gasteiger partial charge in [-0.25, -0.2) is 0 Å². The SMILES string of the molecule is C[Si](C)(OCC(F)(F)F)O[Si](C)(C)O[Si](C)(C)OC(F)(F)F. The maximum absolute atomic E-state index is 12.3. The van der Waals surface area contributed by atoms with Crippen LogP contribution in [-0.2, 0) is 17.1 Å². The molecule has 0 aliphatic heterocycles. The lowest BCUT2D eigenvalue weighted by molar-refractivity contribution is -0.285. The van der Waals surface area contributed by atoms with Gasteiger partial charge in [-0.3, -0.25) is 0 Å². The van der Waals surface area contributed by atoms with Gasteiger partial charge in [0.25, 0.3) is 0 Å². The van der Waals surface area contributed by atoms with Gasteiger partial charge in [0, 0.05) is 0 Å². The summed E-state index contributed by atoms with van der Waals surface area (Å²) in [7, 11) is -9.95. The Morgan fingerprint density at radius 3 is 1.45 bits per heavy atom. The first-order valence-electron chi connectivity index (χ1n) is 6.20. The number of alkyl halides is 6. The van der Waals surface area contributed by atoms with Crippen molar-refractivity contribution in [2.45, 2.75) is 51.8 Å². The molecule has 4 nitrogen and oxygen atoms in total. The first-order valence-corrected chi connectivity index (χ1v) is 14.7. The Morgan fingerprint density at radius 1 is 0.682 bits per heavy atom. The van der Waals surface area contributed by atoms with Gasteiger partial charge in [0.1, 0.15) is 6.61 Å². The number of halogens is 6. The van der Waals surface area contributed by atoms with Gasteiger partial charge in [-0.15, -0.1) is 13.2 Å². The molecule has 0 radical (unpaired) electrons. The van der Waals surface area contributed by atoms with Crippen LogP contribution < -0.4 is 0 Å². The summed E-state index contributed by atoms with van der Waals surface area (Å²) in [5.74, 6) is 0. The highest BCUT2D eigenvalue weighted by Crippen LogP contribution is 2.28. The maximum Gasteiger partial charge on any atom is 0.514 e. The van der Waals surface area contributed by atoms with E-state index in [9.17, 15) is 26.3 Å². The fourth-order valence-electron chi connectivity index (χ4n) is 1.79.